The Hall–Kier alpha value is -2.24. The molecule has 0 saturated carbocycles. The largest absolute Gasteiger partial charge is 0.478 e. The van der Waals surface area contributed by atoms with Gasteiger partial charge in [0.15, 0.2) is 6.29 Å². The first kappa shape index (κ1) is 18.1. The summed E-state index contributed by atoms with van der Waals surface area (Å²) in [6, 6.07) is 1.41. The highest BCUT2D eigenvalue weighted by Gasteiger charge is 2.34. The minimum atomic E-state index is -4.69. The lowest BCUT2D eigenvalue weighted by atomic mass is 10.0. The number of hydrogen-bond acceptors (Lipinski definition) is 4. The minimum absolute atomic E-state index is 0.116. The highest BCUT2D eigenvalue weighted by molar-refractivity contribution is 5.94. The molecule has 1 aromatic rings. The molecule has 8 heteroatoms. The molecule has 1 aliphatic rings. The van der Waals surface area contributed by atoms with Crippen LogP contribution in [0.25, 0.3) is 0 Å². The number of nitrogens with two attached hydrogens (primary N) is 1. The molecule has 0 bridgehead atoms. The molecule has 3 N–H and O–H groups in total. The molecule has 5 nitrogen and oxygen atoms in total. The Balaban J connectivity index is 2.19. The van der Waals surface area contributed by atoms with Crippen molar-refractivity contribution in [3.05, 3.63) is 28.8 Å². The number of benzene rings is 1. The van der Waals surface area contributed by atoms with E-state index < -0.39 is 40.8 Å². The second-order valence-electron chi connectivity index (χ2n) is 5.20. The Labute approximate surface area is 136 Å². The van der Waals surface area contributed by atoms with Gasteiger partial charge in [0.25, 0.3) is 0 Å². The maximum absolute atomic E-state index is 13.0. The van der Waals surface area contributed by atoms with Gasteiger partial charge in [0.2, 0.25) is 0 Å². The normalized spacial score (nSPS) is 17.9. The molecule has 2 rings (SSSR count). The van der Waals surface area contributed by atoms with Crippen LogP contribution in [0.3, 0.4) is 0 Å². The highest BCUT2D eigenvalue weighted by atomic mass is 19.4. The van der Waals surface area contributed by atoms with Crippen LogP contribution in [-0.4, -0.2) is 30.6 Å². The zero-order valence-corrected chi connectivity index (χ0v) is 12.7. The number of alkyl halides is 3. The smallest absolute Gasteiger partial charge is 0.417 e. The Morgan fingerprint density at radius 2 is 2.17 bits per heavy atom. The van der Waals surface area contributed by atoms with Crippen molar-refractivity contribution in [3.8, 4) is 11.8 Å². The van der Waals surface area contributed by atoms with E-state index in [1.54, 1.807) is 0 Å². The van der Waals surface area contributed by atoms with Crippen molar-refractivity contribution in [2.24, 2.45) is 0 Å². The number of carboxylic acids is 1. The molecule has 0 spiro atoms. The van der Waals surface area contributed by atoms with E-state index in [0.29, 0.717) is 19.1 Å². The van der Waals surface area contributed by atoms with Gasteiger partial charge in [-0.25, -0.2) is 4.79 Å². The second-order valence-corrected chi connectivity index (χ2v) is 5.20. The lowest BCUT2D eigenvalue weighted by Crippen LogP contribution is -2.22. The molecule has 24 heavy (non-hydrogen) atoms. The van der Waals surface area contributed by atoms with Crippen LogP contribution in [0.1, 0.15) is 40.7 Å². The molecule has 1 fully saturated rings. The minimum Gasteiger partial charge on any atom is -0.478 e. The number of aromatic carboxylic acids is 1. The van der Waals surface area contributed by atoms with Gasteiger partial charge in [-0.2, -0.15) is 13.2 Å². The van der Waals surface area contributed by atoms with Crippen molar-refractivity contribution >= 4 is 11.7 Å². The zero-order valence-electron chi connectivity index (χ0n) is 12.7. The number of nitrogen functional groups attached to an aromatic ring is 1. The van der Waals surface area contributed by atoms with E-state index in [4.69, 9.17) is 20.3 Å². The summed E-state index contributed by atoms with van der Waals surface area (Å²) < 4.78 is 49.7. The molecule has 1 unspecified atom stereocenters. The van der Waals surface area contributed by atoms with Gasteiger partial charge in [-0.05, 0) is 31.4 Å². The van der Waals surface area contributed by atoms with E-state index in [-0.39, 0.29) is 6.61 Å². The molecular weight excluding hydrogens is 327 g/mol. The van der Waals surface area contributed by atoms with Gasteiger partial charge in [0, 0.05) is 17.9 Å². The number of halogens is 3. The van der Waals surface area contributed by atoms with Gasteiger partial charge >= 0.3 is 12.1 Å². The molecule has 1 aliphatic heterocycles. The summed E-state index contributed by atoms with van der Waals surface area (Å²) in [5.41, 5.74) is 2.94. The van der Waals surface area contributed by atoms with E-state index in [0.717, 1.165) is 18.9 Å². The van der Waals surface area contributed by atoms with Crippen LogP contribution >= 0.6 is 0 Å². The molecular formula is C16H16F3NO4. The van der Waals surface area contributed by atoms with Crippen LogP contribution in [-0.2, 0) is 15.7 Å². The van der Waals surface area contributed by atoms with Crippen LogP contribution in [0, 0.1) is 11.8 Å². The summed E-state index contributed by atoms with van der Waals surface area (Å²) >= 11 is 0. The molecule has 0 aromatic heterocycles. The molecule has 0 aliphatic carbocycles. The summed E-state index contributed by atoms with van der Waals surface area (Å²) in [5, 5.41) is 8.97. The number of hydrogen-bond donors (Lipinski definition) is 2. The predicted octanol–water partition coefficient (Wildman–Crippen LogP) is 2.88. The van der Waals surface area contributed by atoms with Crippen molar-refractivity contribution in [3.63, 3.8) is 0 Å². The number of carboxylic acid groups (broad SMARTS) is 1. The molecule has 1 saturated heterocycles. The summed E-state index contributed by atoms with van der Waals surface area (Å²) in [7, 11) is 0. The number of carbonyl (C=O) groups is 1. The molecule has 0 radical (unpaired) electrons. The first-order valence-electron chi connectivity index (χ1n) is 7.25. The van der Waals surface area contributed by atoms with Gasteiger partial charge in [-0.1, -0.05) is 11.8 Å². The van der Waals surface area contributed by atoms with Gasteiger partial charge in [0.1, 0.15) is 6.61 Å². The third-order valence-electron chi connectivity index (χ3n) is 3.43. The Morgan fingerprint density at radius 1 is 1.42 bits per heavy atom. The fraction of sp³-hybridized carbons (Fsp3) is 0.438. The molecule has 1 heterocycles. The topological polar surface area (TPSA) is 81.8 Å². The molecule has 1 atom stereocenters. The maximum atomic E-state index is 13.0. The van der Waals surface area contributed by atoms with E-state index >= 15 is 0 Å². The summed E-state index contributed by atoms with van der Waals surface area (Å²) in [5.74, 6) is 3.35. The van der Waals surface area contributed by atoms with Crippen molar-refractivity contribution in [2.75, 3.05) is 18.9 Å². The van der Waals surface area contributed by atoms with Crippen LogP contribution in [0.2, 0.25) is 0 Å². The quantitative estimate of drug-likeness (QED) is 0.651. The van der Waals surface area contributed by atoms with Crippen LogP contribution in [0.5, 0.6) is 0 Å². The second kappa shape index (κ2) is 7.55. The van der Waals surface area contributed by atoms with Crippen LogP contribution in [0.15, 0.2) is 12.1 Å². The third-order valence-corrected chi connectivity index (χ3v) is 3.43. The van der Waals surface area contributed by atoms with Crippen molar-refractivity contribution in [1.82, 2.24) is 0 Å². The molecule has 1 aromatic carbocycles. The van der Waals surface area contributed by atoms with Gasteiger partial charge in [-0.3, -0.25) is 0 Å². The van der Waals surface area contributed by atoms with E-state index in [1.807, 2.05) is 0 Å². The molecule has 0 amide bonds. The number of anilines is 1. The Bertz CT molecular complexity index is 670. The van der Waals surface area contributed by atoms with Gasteiger partial charge in [-0.15, -0.1) is 0 Å². The SMILES string of the molecule is Nc1cc(C(F)(F)F)c(C#CCOC2CCCCO2)cc1C(=O)O. The Morgan fingerprint density at radius 3 is 2.75 bits per heavy atom. The third kappa shape index (κ3) is 4.63. The maximum Gasteiger partial charge on any atom is 0.417 e. The molecule has 130 valence electrons. The fourth-order valence-corrected chi connectivity index (χ4v) is 2.25. The van der Waals surface area contributed by atoms with Crippen LogP contribution < -0.4 is 5.73 Å². The average molecular weight is 343 g/mol. The van der Waals surface area contributed by atoms with Crippen molar-refractivity contribution in [1.29, 1.82) is 0 Å². The first-order valence-corrected chi connectivity index (χ1v) is 7.25. The van der Waals surface area contributed by atoms with Crippen molar-refractivity contribution < 1.29 is 32.5 Å². The van der Waals surface area contributed by atoms with Gasteiger partial charge < -0.3 is 20.3 Å². The van der Waals surface area contributed by atoms with E-state index in [9.17, 15) is 18.0 Å². The zero-order chi connectivity index (χ0) is 17.7. The fourth-order valence-electron chi connectivity index (χ4n) is 2.25. The summed E-state index contributed by atoms with van der Waals surface area (Å²) in [6.07, 6.45) is -2.49. The number of rotatable bonds is 3. The van der Waals surface area contributed by atoms with E-state index in [1.165, 1.54) is 0 Å². The van der Waals surface area contributed by atoms with Gasteiger partial charge in [0.05, 0.1) is 11.1 Å². The van der Waals surface area contributed by atoms with Crippen molar-refractivity contribution in [2.45, 2.75) is 31.7 Å². The Kier molecular flexibility index (Phi) is 5.70. The number of ether oxygens (including phenoxy) is 2. The summed E-state index contributed by atoms with van der Waals surface area (Å²) in [6.45, 7) is 0.463. The lowest BCUT2D eigenvalue weighted by Gasteiger charge is -2.21. The first-order chi connectivity index (χ1) is 11.3. The lowest BCUT2D eigenvalue weighted by molar-refractivity contribution is -0.154. The summed E-state index contributed by atoms with van der Waals surface area (Å²) in [4.78, 5) is 11.0. The average Bonchev–Trinajstić information content (AvgIpc) is 2.52. The highest BCUT2D eigenvalue weighted by Crippen LogP contribution is 2.34. The van der Waals surface area contributed by atoms with E-state index in [2.05, 4.69) is 11.8 Å². The van der Waals surface area contributed by atoms with Crippen LogP contribution in [0.4, 0.5) is 18.9 Å². The standard InChI is InChI=1S/C16H16F3NO4/c17-16(18,19)12-9-13(20)11(15(21)22)8-10(12)4-3-7-24-14-5-1-2-6-23-14/h8-9,14H,1-2,5-7,20H2,(H,21,22). The predicted molar refractivity (Wildman–Crippen MR) is 79.2 cm³/mol. The monoisotopic (exact) mass is 343 g/mol.